The maximum Gasteiger partial charge on any atom is 0.243 e. The van der Waals surface area contributed by atoms with Gasteiger partial charge < -0.3 is 4.57 Å². The number of nitrogens with zero attached hydrogens (tertiary/aromatic N) is 3. The van der Waals surface area contributed by atoms with Crippen molar-refractivity contribution >= 4 is 32.8 Å². The van der Waals surface area contributed by atoms with Crippen LogP contribution in [0.1, 0.15) is 55.7 Å². The Hall–Kier alpha value is -1.83. The summed E-state index contributed by atoms with van der Waals surface area (Å²) < 4.78 is 30.1. The average Bonchev–Trinajstić information content (AvgIpc) is 3.52. The second-order valence-electron chi connectivity index (χ2n) is 8.74. The maximum atomic E-state index is 13.1. The Kier molecular flexibility index (Phi) is 5.84. The fraction of sp³-hybridized carbons (Fsp3) is 0.458. The van der Waals surface area contributed by atoms with Crippen LogP contribution in [0.4, 0.5) is 0 Å². The maximum absolute atomic E-state index is 13.1. The van der Waals surface area contributed by atoms with Gasteiger partial charge in [0.05, 0.1) is 15.9 Å². The first-order chi connectivity index (χ1) is 15.0. The van der Waals surface area contributed by atoms with Crippen molar-refractivity contribution < 1.29 is 8.42 Å². The predicted molar refractivity (Wildman–Crippen MR) is 126 cm³/mol. The molecule has 0 bridgehead atoms. The largest absolute Gasteiger partial charge is 0.316 e. The molecular weight excluding hydrogens is 426 g/mol. The van der Waals surface area contributed by atoms with E-state index in [4.69, 9.17) is 4.98 Å². The molecule has 7 heteroatoms. The molecule has 2 fully saturated rings. The van der Waals surface area contributed by atoms with E-state index >= 15 is 0 Å². The Morgan fingerprint density at radius 1 is 1.03 bits per heavy atom. The second-order valence-corrected chi connectivity index (χ2v) is 11.6. The molecule has 164 valence electrons. The SMILES string of the molecule is Cc1cccc(CSc2nc3cc(S(=O)(=O)N4CCCC4)ccc3n2C2CCCC2)c1. The van der Waals surface area contributed by atoms with Crippen LogP contribution in [0, 0.1) is 6.92 Å². The van der Waals surface area contributed by atoms with Crippen LogP contribution in [-0.4, -0.2) is 35.4 Å². The number of sulfonamides is 1. The number of imidazole rings is 1. The molecule has 2 aromatic carbocycles. The summed E-state index contributed by atoms with van der Waals surface area (Å²) in [5, 5.41) is 0.999. The lowest BCUT2D eigenvalue weighted by Crippen LogP contribution is -2.27. The van der Waals surface area contributed by atoms with Gasteiger partial charge in [-0.05, 0) is 56.4 Å². The number of hydrogen-bond donors (Lipinski definition) is 0. The normalized spacial score (nSPS) is 18.4. The van der Waals surface area contributed by atoms with Gasteiger partial charge in [-0.25, -0.2) is 13.4 Å². The first kappa shape index (κ1) is 21.0. The number of thioether (sulfide) groups is 1. The van der Waals surface area contributed by atoms with Gasteiger partial charge in [-0.1, -0.05) is 54.4 Å². The molecule has 5 rings (SSSR count). The number of hydrogen-bond acceptors (Lipinski definition) is 4. The van der Waals surface area contributed by atoms with Crippen molar-refractivity contribution in [3.05, 3.63) is 53.6 Å². The summed E-state index contributed by atoms with van der Waals surface area (Å²) in [7, 11) is -3.44. The number of fused-ring (bicyclic) bond motifs is 1. The van der Waals surface area contributed by atoms with Gasteiger partial charge in [-0.3, -0.25) is 0 Å². The van der Waals surface area contributed by atoms with Crippen LogP contribution in [0.5, 0.6) is 0 Å². The van der Waals surface area contributed by atoms with Crippen LogP contribution in [0.15, 0.2) is 52.5 Å². The molecule has 5 nitrogen and oxygen atoms in total. The van der Waals surface area contributed by atoms with Crippen LogP contribution in [0.2, 0.25) is 0 Å². The topological polar surface area (TPSA) is 55.2 Å². The van der Waals surface area contributed by atoms with E-state index < -0.39 is 10.0 Å². The van der Waals surface area contributed by atoms with Gasteiger partial charge >= 0.3 is 0 Å². The third kappa shape index (κ3) is 4.15. The van der Waals surface area contributed by atoms with Gasteiger partial charge in [0.25, 0.3) is 0 Å². The summed E-state index contributed by atoms with van der Waals surface area (Å²) in [6, 6.07) is 14.6. The van der Waals surface area contributed by atoms with E-state index in [-0.39, 0.29) is 0 Å². The molecule has 0 unspecified atom stereocenters. The number of benzene rings is 2. The van der Waals surface area contributed by atoms with Gasteiger partial charge in [0, 0.05) is 24.9 Å². The van der Waals surface area contributed by atoms with Crippen molar-refractivity contribution in [2.75, 3.05) is 13.1 Å². The van der Waals surface area contributed by atoms with Gasteiger partial charge in [0.15, 0.2) is 5.16 Å². The molecule has 1 aromatic heterocycles. The van der Waals surface area contributed by atoms with Gasteiger partial charge in [-0.2, -0.15) is 4.31 Å². The van der Waals surface area contributed by atoms with E-state index in [0.717, 1.165) is 47.6 Å². The summed E-state index contributed by atoms with van der Waals surface area (Å²) >= 11 is 1.75. The Balaban J connectivity index is 1.51. The van der Waals surface area contributed by atoms with Crippen LogP contribution >= 0.6 is 11.8 Å². The molecule has 3 aromatic rings. The average molecular weight is 456 g/mol. The molecule has 2 heterocycles. The summed E-state index contributed by atoms with van der Waals surface area (Å²) in [6.07, 6.45) is 6.70. The monoisotopic (exact) mass is 455 g/mol. The zero-order valence-corrected chi connectivity index (χ0v) is 19.6. The molecule has 0 amide bonds. The minimum atomic E-state index is -3.44. The van der Waals surface area contributed by atoms with Gasteiger partial charge in [-0.15, -0.1) is 0 Å². The molecule has 0 atom stereocenters. The zero-order chi connectivity index (χ0) is 21.4. The van der Waals surface area contributed by atoms with Crippen LogP contribution in [0.25, 0.3) is 11.0 Å². The quantitative estimate of drug-likeness (QED) is 0.458. The summed E-state index contributed by atoms with van der Waals surface area (Å²) in [5.41, 5.74) is 4.39. The van der Waals surface area contributed by atoms with E-state index in [1.165, 1.54) is 24.0 Å². The van der Waals surface area contributed by atoms with Crippen molar-refractivity contribution in [2.24, 2.45) is 0 Å². The fourth-order valence-electron chi connectivity index (χ4n) is 4.86. The zero-order valence-electron chi connectivity index (χ0n) is 18.0. The van der Waals surface area contributed by atoms with Crippen molar-refractivity contribution in [3.63, 3.8) is 0 Å². The van der Waals surface area contributed by atoms with E-state index in [1.807, 2.05) is 6.07 Å². The Bertz CT molecular complexity index is 1190. The van der Waals surface area contributed by atoms with Crippen molar-refractivity contribution in [2.45, 2.75) is 67.3 Å². The summed E-state index contributed by atoms with van der Waals surface area (Å²) in [6.45, 7) is 3.35. The third-order valence-electron chi connectivity index (χ3n) is 6.47. The lowest BCUT2D eigenvalue weighted by atomic mass is 10.2. The smallest absolute Gasteiger partial charge is 0.243 e. The molecular formula is C24H29N3O2S2. The molecule has 1 aliphatic carbocycles. The Morgan fingerprint density at radius 3 is 2.55 bits per heavy atom. The molecule has 31 heavy (non-hydrogen) atoms. The highest BCUT2D eigenvalue weighted by molar-refractivity contribution is 7.98. The predicted octanol–water partition coefficient (Wildman–Crippen LogP) is 5.54. The number of rotatable bonds is 6. The molecule has 0 radical (unpaired) electrons. The molecule has 0 N–H and O–H groups in total. The molecule has 2 aliphatic rings. The van der Waals surface area contributed by atoms with Crippen LogP contribution in [-0.2, 0) is 15.8 Å². The Morgan fingerprint density at radius 2 is 1.81 bits per heavy atom. The summed E-state index contributed by atoms with van der Waals surface area (Å²) in [5.74, 6) is 0.858. The van der Waals surface area contributed by atoms with Crippen LogP contribution < -0.4 is 0 Å². The molecule has 1 saturated carbocycles. The van der Waals surface area contributed by atoms with Gasteiger partial charge in [0.2, 0.25) is 10.0 Å². The van der Waals surface area contributed by atoms with E-state index in [1.54, 1.807) is 28.2 Å². The second kappa shape index (κ2) is 8.60. The first-order valence-electron chi connectivity index (χ1n) is 11.2. The first-order valence-corrected chi connectivity index (χ1v) is 13.7. The fourth-order valence-corrected chi connectivity index (χ4v) is 7.42. The number of aryl methyl sites for hydroxylation is 1. The Labute approximate surface area is 188 Å². The lowest BCUT2D eigenvalue weighted by molar-refractivity contribution is 0.477. The molecule has 1 aliphatic heterocycles. The molecule has 0 spiro atoms. The number of aromatic nitrogens is 2. The highest BCUT2D eigenvalue weighted by atomic mass is 32.2. The van der Waals surface area contributed by atoms with Crippen LogP contribution in [0.3, 0.4) is 0 Å². The van der Waals surface area contributed by atoms with E-state index in [9.17, 15) is 8.42 Å². The minimum absolute atomic E-state index is 0.369. The van der Waals surface area contributed by atoms with Gasteiger partial charge in [0.1, 0.15) is 0 Å². The van der Waals surface area contributed by atoms with Crippen molar-refractivity contribution in [3.8, 4) is 0 Å². The van der Waals surface area contributed by atoms with Crippen molar-refractivity contribution in [1.29, 1.82) is 0 Å². The highest BCUT2D eigenvalue weighted by Crippen LogP contribution is 2.38. The third-order valence-corrected chi connectivity index (χ3v) is 9.39. The lowest BCUT2D eigenvalue weighted by Gasteiger charge is -2.17. The standard InChI is InChI=1S/C24H29N3O2S2/c1-18-7-6-8-19(15-18)17-30-24-25-22-16-21(31(28,29)26-13-4-5-14-26)11-12-23(22)27(24)20-9-2-3-10-20/h6-8,11-12,15-16,20H,2-5,9-10,13-14,17H2,1H3. The highest BCUT2D eigenvalue weighted by Gasteiger charge is 2.29. The van der Waals surface area contributed by atoms with Crippen molar-refractivity contribution in [1.82, 2.24) is 13.9 Å². The molecule has 1 saturated heterocycles. The van der Waals surface area contributed by atoms with E-state index in [0.29, 0.717) is 24.0 Å². The summed E-state index contributed by atoms with van der Waals surface area (Å²) in [4.78, 5) is 5.31. The minimum Gasteiger partial charge on any atom is -0.316 e. The van der Waals surface area contributed by atoms with E-state index in [2.05, 4.69) is 35.8 Å².